The van der Waals surface area contributed by atoms with Crippen LogP contribution in [0.4, 0.5) is 10.3 Å². The Kier molecular flexibility index (Phi) is 3.48. The van der Waals surface area contributed by atoms with E-state index in [4.69, 9.17) is 10.5 Å². The SMILES string of the molecule is Nc1nc(Oc2cc(F)cc(Br)c2)nc(-n2cccn2)n1. The highest BCUT2D eigenvalue weighted by Crippen LogP contribution is 2.24. The molecule has 3 aromatic rings. The summed E-state index contributed by atoms with van der Waals surface area (Å²) >= 11 is 3.17. The molecule has 106 valence electrons. The molecule has 0 radical (unpaired) electrons. The van der Waals surface area contributed by atoms with Gasteiger partial charge in [-0.05, 0) is 18.2 Å². The van der Waals surface area contributed by atoms with Gasteiger partial charge in [-0.15, -0.1) is 0 Å². The van der Waals surface area contributed by atoms with Crippen LogP contribution in [0.1, 0.15) is 0 Å². The van der Waals surface area contributed by atoms with Gasteiger partial charge < -0.3 is 10.5 Å². The maximum atomic E-state index is 13.3. The van der Waals surface area contributed by atoms with Crippen LogP contribution in [0.15, 0.2) is 41.1 Å². The van der Waals surface area contributed by atoms with E-state index in [0.29, 0.717) is 4.47 Å². The molecule has 21 heavy (non-hydrogen) atoms. The van der Waals surface area contributed by atoms with E-state index in [1.54, 1.807) is 24.5 Å². The molecule has 0 amide bonds. The van der Waals surface area contributed by atoms with E-state index in [0.717, 1.165) is 0 Å². The average molecular weight is 351 g/mol. The van der Waals surface area contributed by atoms with E-state index >= 15 is 0 Å². The van der Waals surface area contributed by atoms with Gasteiger partial charge in [0, 0.05) is 22.9 Å². The number of rotatable bonds is 3. The number of anilines is 1. The zero-order valence-electron chi connectivity index (χ0n) is 10.4. The zero-order valence-corrected chi connectivity index (χ0v) is 12.0. The van der Waals surface area contributed by atoms with Gasteiger partial charge >= 0.3 is 6.01 Å². The molecule has 0 atom stereocenters. The van der Waals surface area contributed by atoms with Crippen molar-refractivity contribution in [3.63, 3.8) is 0 Å². The lowest BCUT2D eigenvalue weighted by molar-refractivity contribution is 0.434. The summed E-state index contributed by atoms with van der Waals surface area (Å²) in [7, 11) is 0. The van der Waals surface area contributed by atoms with Crippen molar-refractivity contribution < 1.29 is 9.13 Å². The van der Waals surface area contributed by atoms with Crippen LogP contribution in [-0.2, 0) is 0 Å². The Labute approximate surface area is 126 Å². The monoisotopic (exact) mass is 350 g/mol. The fourth-order valence-electron chi connectivity index (χ4n) is 1.59. The van der Waals surface area contributed by atoms with E-state index < -0.39 is 5.82 Å². The number of halogens is 2. The molecule has 0 aliphatic rings. The molecule has 7 nitrogen and oxygen atoms in total. The fourth-order valence-corrected chi connectivity index (χ4v) is 2.03. The third-order valence-corrected chi connectivity index (χ3v) is 2.83. The largest absolute Gasteiger partial charge is 0.424 e. The highest BCUT2D eigenvalue weighted by Gasteiger charge is 2.09. The van der Waals surface area contributed by atoms with E-state index in [9.17, 15) is 4.39 Å². The number of hydrogen-bond acceptors (Lipinski definition) is 6. The van der Waals surface area contributed by atoms with Crippen LogP contribution in [-0.4, -0.2) is 24.7 Å². The Balaban J connectivity index is 1.95. The number of benzene rings is 1. The molecule has 2 aromatic heterocycles. The topological polar surface area (TPSA) is 91.7 Å². The predicted octanol–water partition coefficient (Wildman–Crippen LogP) is 2.33. The first-order valence-corrected chi connectivity index (χ1v) is 6.55. The Hall–Kier alpha value is -2.55. The van der Waals surface area contributed by atoms with Gasteiger partial charge in [-0.25, -0.2) is 9.07 Å². The van der Waals surface area contributed by atoms with Crippen molar-refractivity contribution in [3.05, 3.63) is 46.9 Å². The van der Waals surface area contributed by atoms with E-state index in [2.05, 4.69) is 36.0 Å². The van der Waals surface area contributed by atoms with Crippen LogP contribution in [0, 0.1) is 5.82 Å². The third-order valence-electron chi connectivity index (χ3n) is 2.37. The minimum atomic E-state index is -0.450. The molecular weight excluding hydrogens is 343 g/mol. The van der Waals surface area contributed by atoms with Crippen LogP contribution >= 0.6 is 15.9 Å². The maximum Gasteiger partial charge on any atom is 0.328 e. The van der Waals surface area contributed by atoms with Crippen molar-refractivity contribution >= 4 is 21.9 Å². The van der Waals surface area contributed by atoms with Crippen LogP contribution in [0.3, 0.4) is 0 Å². The summed E-state index contributed by atoms with van der Waals surface area (Å²) in [4.78, 5) is 11.9. The number of ether oxygens (including phenoxy) is 1. The highest BCUT2D eigenvalue weighted by atomic mass is 79.9. The summed E-state index contributed by atoms with van der Waals surface area (Å²) in [6, 6.07) is 5.76. The number of nitrogens with two attached hydrogens (primary N) is 1. The molecule has 0 bridgehead atoms. The van der Waals surface area contributed by atoms with Crippen LogP contribution in [0.2, 0.25) is 0 Å². The lowest BCUT2D eigenvalue weighted by Crippen LogP contribution is -2.07. The van der Waals surface area contributed by atoms with Crippen molar-refractivity contribution in [2.45, 2.75) is 0 Å². The normalized spacial score (nSPS) is 10.6. The number of nitrogens with zero attached hydrogens (tertiary/aromatic N) is 5. The number of aromatic nitrogens is 5. The summed E-state index contributed by atoms with van der Waals surface area (Å²) < 4.78 is 20.7. The van der Waals surface area contributed by atoms with Gasteiger partial charge in [0.1, 0.15) is 11.6 Å². The van der Waals surface area contributed by atoms with Gasteiger partial charge in [0.15, 0.2) is 0 Å². The Morgan fingerprint density at radius 1 is 1.19 bits per heavy atom. The lowest BCUT2D eigenvalue weighted by Gasteiger charge is -2.06. The molecule has 0 saturated heterocycles. The first-order valence-electron chi connectivity index (χ1n) is 5.76. The quantitative estimate of drug-likeness (QED) is 0.779. The van der Waals surface area contributed by atoms with Gasteiger partial charge in [0.05, 0.1) is 0 Å². The zero-order chi connectivity index (χ0) is 14.8. The predicted molar refractivity (Wildman–Crippen MR) is 75.5 cm³/mol. The summed E-state index contributed by atoms with van der Waals surface area (Å²) in [5.41, 5.74) is 5.61. The summed E-state index contributed by atoms with van der Waals surface area (Å²) in [5, 5.41) is 3.99. The Morgan fingerprint density at radius 3 is 2.76 bits per heavy atom. The maximum absolute atomic E-state index is 13.3. The molecule has 0 saturated carbocycles. The molecule has 3 rings (SSSR count). The summed E-state index contributed by atoms with van der Waals surface area (Å²) in [6.45, 7) is 0. The Bertz CT molecular complexity index is 759. The van der Waals surface area contributed by atoms with Gasteiger partial charge in [-0.2, -0.15) is 20.1 Å². The second-order valence-electron chi connectivity index (χ2n) is 3.93. The van der Waals surface area contributed by atoms with Gasteiger partial charge in [-0.3, -0.25) is 0 Å². The van der Waals surface area contributed by atoms with E-state index in [1.165, 1.54) is 16.8 Å². The Morgan fingerprint density at radius 2 is 2.05 bits per heavy atom. The van der Waals surface area contributed by atoms with Crippen molar-refractivity contribution in [2.24, 2.45) is 0 Å². The van der Waals surface area contributed by atoms with Crippen LogP contribution in [0.25, 0.3) is 5.95 Å². The van der Waals surface area contributed by atoms with E-state index in [-0.39, 0.29) is 23.7 Å². The van der Waals surface area contributed by atoms with Crippen molar-refractivity contribution in [3.8, 4) is 17.7 Å². The first kappa shape index (κ1) is 13.4. The first-order chi connectivity index (χ1) is 10.1. The second-order valence-corrected chi connectivity index (χ2v) is 4.85. The average Bonchev–Trinajstić information content (AvgIpc) is 2.90. The molecule has 0 spiro atoms. The fraction of sp³-hybridized carbons (Fsp3) is 0. The highest BCUT2D eigenvalue weighted by molar-refractivity contribution is 9.10. The van der Waals surface area contributed by atoms with Crippen molar-refractivity contribution in [1.82, 2.24) is 24.7 Å². The molecule has 2 N–H and O–H groups in total. The molecule has 0 aliphatic carbocycles. The van der Waals surface area contributed by atoms with Crippen molar-refractivity contribution in [1.29, 1.82) is 0 Å². The van der Waals surface area contributed by atoms with Gasteiger partial charge in [0.2, 0.25) is 5.95 Å². The smallest absolute Gasteiger partial charge is 0.328 e. The third kappa shape index (κ3) is 3.14. The van der Waals surface area contributed by atoms with Crippen LogP contribution in [0.5, 0.6) is 11.8 Å². The van der Waals surface area contributed by atoms with Crippen LogP contribution < -0.4 is 10.5 Å². The molecule has 2 heterocycles. The number of hydrogen-bond donors (Lipinski definition) is 1. The number of nitrogen functional groups attached to an aromatic ring is 1. The minimum Gasteiger partial charge on any atom is -0.424 e. The molecular formula is C12H8BrFN6O. The molecule has 0 fully saturated rings. The summed E-state index contributed by atoms with van der Waals surface area (Å²) in [5.74, 6) is -0.0356. The molecule has 0 unspecified atom stereocenters. The van der Waals surface area contributed by atoms with Gasteiger partial charge in [0.25, 0.3) is 5.95 Å². The van der Waals surface area contributed by atoms with E-state index in [1.807, 2.05) is 0 Å². The lowest BCUT2D eigenvalue weighted by atomic mass is 10.3. The standard InChI is InChI=1S/C12H8BrFN6O/c13-7-4-8(14)6-9(5-7)21-12-18-10(15)17-11(19-12)20-3-1-2-16-20/h1-6H,(H2,15,17,18,19). The van der Waals surface area contributed by atoms with Crippen molar-refractivity contribution in [2.75, 3.05) is 5.73 Å². The molecule has 1 aromatic carbocycles. The molecule has 0 aliphatic heterocycles. The van der Waals surface area contributed by atoms with Gasteiger partial charge in [-0.1, -0.05) is 15.9 Å². The summed E-state index contributed by atoms with van der Waals surface area (Å²) in [6.07, 6.45) is 3.22. The second kappa shape index (κ2) is 5.44. The minimum absolute atomic E-state index is 0.0269. The molecule has 9 heteroatoms.